The highest BCUT2D eigenvalue weighted by atomic mass is 19.1. The summed E-state index contributed by atoms with van der Waals surface area (Å²) < 4.78 is 26.5. The Morgan fingerprint density at radius 3 is 2.95 bits per heavy atom. The number of ether oxygens (including phenoxy) is 2. The van der Waals surface area contributed by atoms with Crippen molar-refractivity contribution in [1.82, 2.24) is 9.13 Å². The van der Waals surface area contributed by atoms with Crippen LogP contribution in [0.15, 0.2) is 34.0 Å². The maximum absolute atomic E-state index is 13.7. The Morgan fingerprint density at radius 2 is 2.14 bits per heavy atom. The van der Waals surface area contributed by atoms with Gasteiger partial charge in [-0.25, -0.2) is 9.18 Å². The SMILES string of the molecule is Cn1ccc(=O)n(Cc2cc(F)cc3c2OCOC3)c1=O. The fourth-order valence-corrected chi connectivity index (χ4v) is 2.30. The molecule has 0 atom stereocenters. The summed E-state index contributed by atoms with van der Waals surface area (Å²) in [5.74, 6) is 0.0131. The molecule has 21 heavy (non-hydrogen) atoms. The molecule has 2 heterocycles. The lowest BCUT2D eigenvalue weighted by molar-refractivity contribution is -0.0173. The minimum atomic E-state index is -0.465. The Balaban J connectivity index is 2.11. The average molecular weight is 292 g/mol. The molecule has 0 saturated carbocycles. The number of halogens is 1. The standard InChI is InChI=1S/C14H13FN2O4/c1-16-3-2-12(18)17(14(16)19)6-9-4-11(15)5-10-7-20-8-21-13(9)10/h2-5H,6-8H2,1H3. The van der Waals surface area contributed by atoms with Crippen LogP contribution in [0.1, 0.15) is 11.1 Å². The maximum atomic E-state index is 13.7. The second-order valence-electron chi connectivity index (χ2n) is 4.80. The quantitative estimate of drug-likeness (QED) is 0.813. The van der Waals surface area contributed by atoms with Gasteiger partial charge in [-0.1, -0.05) is 0 Å². The molecule has 1 aliphatic heterocycles. The van der Waals surface area contributed by atoms with Gasteiger partial charge in [0.15, 0.2) is 6.79 Å². The predicted octanol–water partition coefficient (Wildman–Crippen LogP) is 0.601. The molecule has 0 unspecified atom stereocenters. The van der Waals surface area contributed by atoms with E-state index < -0.39 is 17.1 Å². The lowest BCUT2D eigenvalue weighted by atomic mass is 10.1. The van der Waals surface area contributed by atoms with Crippen molar-refractivity contribution in [3.8, 4) is 5.75 Å². The monoisotopic (exact) mass is 292 g/mol. The highest BCUT2D eigenvalue weighted by Crippen LogP contribution is 2.29. The van der Waals surface area contributed by atoms with Gasteiger partial charge in [-0.15, -0.1) is 0 Å². The van der Waals surface area contributed by atoms with E-state index in [9.17, 15) is 14.0 Å². The molecule has 0 fully saturated rings. The molecule has 7 heteroatoms. The lowest BCUT2D eigenvalue weighted by Crippen LogP contribution is -2.38. The van der Waals surface area contributed by atoms with Crippen molar-refractivity contribution < 1.29 is 13.9 Å². The van der Waals surface area contributed by atoms with Gasteiger partial charge in [0.25, 0.3) is 5.56 Å². The number of hydrogen-bond donors (Lipinski definition) is 0. The molecule has 0 spiro atoms. The summed E-state index contributed by atoms with van der Waals surface area (Å²) in [7, 11) is 1.55. The van der Waals surface area contributed by atoms with E-state index >= 15 is 0 Å². The molecular formula is C14H13FN2O4. The Kier molecular flexibility index (Phi) is 3.34. The first-order valence-corrected chi connectivity index (χ1v) is 6.34. The molecule has 1 aromatic heterocycles. The van der Waals surface area contributed by atoms with E-state index in [1.807, 2.05) is 0 Å². The van der Waals surface area contributed by atoms with E-state index in [4.69, 9.17) is 9.47 Å². The van der Waals surface area contributed by atoms with Gasteiger partial charge in [-0.2, -0.15) is 0 Å². The third kappa shape index (κ3) is 2.47. The Morgan fingerprint density at radius 1 is 1.33 bits per heavy atom. The molecule has 1 aliphatic rings. The van der Waals surface area contributed by atoms with E-state index in [-0.39, 0.29) is 19.9 Å². The van der Waals surface area contributed by atoms with Crippen LogP contribution < -0.4 is 16.0 Å². The summed E-state index contributed by atoms with van der Waals surface area (Å²) in [6.45, 7) is 0.252. The molecule has 0 radical (unpaired) electrons. The first kappa shape index (κ1) is 13.6. The van der Waals surface area contributed by atoms with E-state index in [2.05, 4.69) is 0 Å². The van der Waals surface area contributed by atoms with Gasteiger partial charge in [0.05, 0.1) is 13.2 Å². The first-order valence-electron chi connectivity index (χ1n) is 6.34. The number of rotatable bonds is 2. The Bertz CT molecular complexity index is 810. The zero-order valence-corrected chi connectivity index (χ0v) is 11.3. The van der Waals surface area contributed by atoms with Gasteiger partial charge in [-0.05, 0) is 12.1 Å². The highest BCUT2D eigenvalue weighted by molar-refractivity contribution is 5.42. The van der Waals surface area contributed by atoms with Crippen LogP contribution in [-0.4, -0.2) is 15.9 Å². The number of aromatic nitrogens is 2. The molecule has 2 aromatic rings. The maximum Gasteiger partial charge on any atom is 0.331 e. The van der Waals surface area contributed by atoms with E-state index in [0.29, 0.717) is 16.9 Å². The summed E-state index contributed by atoms with van der Waals surface area (Å²) in [4.78, 5) is 23.9. The summed E-state index contributed by atoms with van der Waals surface area (Å²) in [5.41, 5.74) is 0.103. The van der Waals surface area contributed by atoms with Crippen molar-refractivity contribution in [3.63, 3.8) is 0 Å². The summed E-state index contributed by atoms with van der Waals surface area (Å²) in [6.07, 6.45) is 1.40. The molecule has 1 aromatic carbocycles. The van der Waals surface area contributed by atoms with E-state index in [0.717, 1.165) is 4.57 Å². The number of aryl methyl sites for hydroxylation is 1. The van der Waals surface area contributed by atoms with Gasteiger partial charge >= 0.3 is 5.69 Å². The minimum Gasteiger partial charge on any atom is -0.467 e. The largest absolute Gasteiger partial charge is 0.467 e. The second-order valence-corrected chi connectivity index (χ2v) is 4.80. The summed E-state index contributed by atoms with van der Waals surface area (Å²) >= 11 is 0. The van der Waals surface area contributed by atoms with Crippen molar-refractivity contribution in [1.29, 1.82) is 0 Å². The Labute approximate surface area is 119 Å². The van der Waals surface area contributed by atoms with Crippen molar-refractivity contribution >= 4 is 0 Å². The minimum absolute atomic E-state index is 0.0492. The van der Waals surface area contributed by atoms with Gasteiger partial charge in [-0.3, -0.25) is 9.36 Å². The number of fused-ring (bicyclic) bond motifs is 1. The van der Waals surface area contributed by atoms with E-state index in [1.54, 1.807) is 7.05 Å². The van der Waals surface area contributed by atoms with Crippen LogP contribution in [0.2, 0.25) is 0 Å². The molecule has 0 N–H and O–H groups in total. The van der Waals surface area contributed by atoms with Crippen molar-refractivity contribution in [3.05, 3.63) is 62.2 Å². The van der Waals surface area contributed by atoms with Crippen molar-refractivity contribution in [2.24, 2.45) is 7.05 Å². The average Bonchev–Trinajstić information content (AvgIpc) is 2.47. The van der Waals surface area contributed by atoms with Crippen LogP contribution in [0.4, 0.5) is 4.39 Å². The lowest BCUT2D eigenvalue weighted by Gasteiger charge is -2.21. The molecule has 3 rings (SSSR count). The van der Waals surface area contributed by atoms with E-state index in [1.165, 1.54) is 29.0 Å². The smallest absolute Gasteiger partial charge is 0.331 e. The first-order chi connectivity index (χ1) is 10.1. The van der Waals surface area contributed by atoms with Gasteiger partial charge < -0.3 is 14.0 Å². The number of hydrogen-bond acceptors (Lipinski definition) is 4. The van der Waals surface area contributed by atoms with Crippen LogP contribution in [0.5, 0.6) is 5.75 Å². The highest BCUT2D eigenvalue weighted by Gasteiger charge is 2.18. The summed E-state index contributed by atoms with van der Waals surface area (Å²) in [6, 6.07) is 3.88. The van der Waals surface area contributed by atoms with Crippen LogP contribution in [0, 0.1) is 5.82 Å². The third-order valence-corrected chi connectivity index (χ3v) is 3.32. The number of benzene rings is 1. The zero-order chi connectivity index (χ0) is 15.0. The van der Waals surface area contributed by atoms with Crippen LogP contribution in [0.3, 0.4) is 0 Å². The third-order valence-electron chi connectivity index (χ3n) is 3.32. The van der Waals surface area contributed by atoms with Crippen LogP contribution in [0.25, 0.3) is 0 Å². The Hall–Kier alpha value is -2.41. The number of nitrogens with zero attached hydrogens (tertiary/aromatic N) is 2. The molecular weight excluding hydrogens is 279 g/mol. The van der Waals surface area contributed by atoms with Gasteiger partial charge in [0.2, 0.25) is 0 Å². The molecule has 6 nitrogen and oxygen atoms in total. The molecule has 0 aliphatic carbocycles. The van der Waals surface area contributed by atoms with Gasteiger partial charge in [0.1, 0.15) is 11.6 Å². The fraction of sp³-hybridized carbons (Fsp3) is 0.286. The molecule has 0 bridgehead atoms. The molecule has 0 amide bonds. The topological polar surface area (TPSA) is 62.5 Å². The van der Waals surface area contributed by atoms with Crippen LogP contribution >= 0.6 is 0 Å². The fourth-order valence-electron chi connectivity index (χ4n) is 2.30. The predicted molar refractivity (Wildman–Crippen MR) is 71.7 cm³/mol. The summed E-state index contributed by atoms with van der Waals surface area (Å²) in [5, 5.41) is 0. The second kappa shape index (κ2) is 5.17. The zero-order valence-electron chi connectivity index (χ0n) is 11.3. The van der Waals surface area contributed by atoms with Crippen molar-refractivity contribution in [2.75, 3.05) is 6.79 Å². The van der Waals surface area contributed by atoms with Crippen molar-refractivity contribution in [2.45, 2.75) is 13.2 Å². The molecule has 0 saturated heterocycles. The normalized spacial score (nSPS) is 13.6. The molecule has 110 valence electrons. The van der Waals surface area contributed by atoms with Crippen LogP contribution in [-0.2, 0) is 24.9 Å². The van der Waals surface area contributed by atoms with Gasteiger partial charge in [0, 0.05) is 30.4 Å².